The SMILES string of the molecule is COc1cc(Br)c(O)c([C@@H](N)C2CCCC2)c1. The lowest BCUT2D eigenvalue weighted by atomic mass is 9.92. The van der Waals surface area contributed by atoms with Crippen molar-refractivity contribution in [1.29, 1.82) is 0 Å². The summed E-state index contributed by atoms with van der Waals surface area (Å²) in [6.07, 6.45) is 4.78. The third-order valence-electron chi connectivity index (χ3n) is 3.57. The third-order valence-corrected chi connectivity index (χ3v) is 4.17. The molecule has 1 aromatic carbocycles. The number of nitrogens with two attached hydrogens (primary N) is 1. The molecule has 0 bridgehead atoms. The van der Waals surface area contributed by atoms with Gasteiger partial charge in [-0.1, -0.05) is 12.8 Å². The number of aromatic hydroxyl groups is 1. The summed E-state index contributed by atoms with van der Waals surface area (Å²) in [7, 11) is 1.61. The first-order valence-corrected chi connectivity index (χ1v) is 6.74. The van der Waals surface area contributed by atoms with E-state index >= 15 is 0 Å². The summed E-state index contributed by atoms with van der Waals surface area (Å²) >= 11 is 3.33. The van der Waals surface area contributed by atoms with E-state index in [-0.39, 0.29) is 11.8 Å². The molecule has 94 valence electrons. The Balaban J connectivity index is 2.32. The topological polar surface area (TPSA) is 55.5 Å². The third kappa shape index (κ3) is 2.58. The maximum Gasteiger partial charge on any atom is 0.134 e. The zero-order chi connectivity index (χ0) is 12.4. The van der Waals surface area contributed by atoms with E-state index in [0.717, 1.165) is 24.2 Å². The lowest BCUT2D eigenvalue weighted by Crippen LogP contribution is -2.19. The maximum atomic E-state index is 10.1. The maximum absolute atomic E-state index is 10.1. The second-order valence-corrected chi connectivity index (χ2v) is 5.47. The van der Waals surface area contributed by atoms with Crippen LogP contribution in [0.2, 0.25) is 0 Å². The van der Waals surface area contributed by atoms with Gasteiger partial charge >= 0.3 is 0 Å². The predicted octanol–water partition coefficient (Wildman–Crippen LogP) is 3.35. The first-order chi connectivity index (χ1) is 8.13. The summed E-state index contributed by atoms with van der Waals surface area (Å²) < 4.78 is 5.85. The molecule has 1 saturated carbocycles. The van der Waals surface area contributed by atoms with Crippen molar-refractivity contribution in [3.05, 3.63) is 22.2 Å². The molecule has 3 nitrogen and oxygen atoms in total. The van der Waals surface area contributed by atoms with Gasteiger partial charge in [-0.15, -0.1) is 0 Å². The van der Waals surface area contributed by atoms with Gasteiger partial charge in [0.15, 0.2) is 0 Å². The molecular weight excluding hydrogens is 282 g/mol. The summed E-state index contributed by atoms with van der Waals surface area (Å²) in [6, 6.07) is 3.48. The van der Waals surface area contributed by atoms with Gasteiger partial charge in [0.05, 0.1) is 11.6 Å². The van der Waals surface area contributed by atoms with Crippen LogP contribution in [0.3, 0.4) is 0 Å². The van der Waals surface area contributed by atoms with Crippen LogP contribution >= 0.6 is 15.9 Å². The highest BCUT2D eigenvalue weighted by atomic mass is 79.9. The average Bonchev–Trinajstić information content (AvgIpc) is 2.85. The van der Waals surface area contributed by atoms with E-state index in [1.807, 2.05) is 6.07 Å². The molecule has 1 aromatic rings. The number of benzene rings is 1. The fourth-order valence-electron chi connectivity index (χ4n) is 2.54. The minimum absolute atomic E-state index is 0.108. The quantitative estimate of drug-likeness (QED) is 0.900. The summed E-state index contributed by atoms with van der Waals surface area (Å²) in [5.74, 6) is 1.43. The molecule has 1 atom stereocenters. The first-order valence-electron chi connectivity index (χ1n) is 5.95. The van der Waals surface area contributed by atoms with Crippen LogP contribution in [0.4, 0.5) is 0 Å². The van der Waals surface area contributed by atoms with E-state index in [0.29, 0.717) is 10.4 Å². The van der Waals surface area contributed by atoms with E-state index in [2.05, 4.69) is 15.9 Å². The molecule has 0 aliphatic heterocycles. The highest BCUT2D eigenvalue weighted by Gasteiger charge is 2.26. The van der Waals surface area contributed by atoms with Crippen LogP contribution in [0.25, 0.3) is 0 Å². The predicted molar refractivity (Wildman–Crippen MR) is 71.2 cm³/mol. The van der Waals surface area contributed by atoms with Crippen molar-refractivity contribution in [2.24, 2.45) is 11.7 Å². The molecule has 3 N–H and O–H groups in total. The highest BCUT2D eigenvalue weighted by Crippen LogP contribution is 2.41. The Morgan fingerprint density at radius 3 is 2.65 bits per heavy atom. The van der Waals surface area contributed by atoms with Gasteiger partial charge in [0.25, 0.3) is 0 Å². The van der Waals surface area contributed by atoms with Gasteiger partial charge in [0.2, 0.25) is 0 Å². The molecule has 0 unspecified atom stereocenters. The molecule has 0 amide bonds. The van der Waals surface area contributed by atoms with E-state index in [1.165, 1.54) is 12.8 Å². The van der Waals surface area contributed by atoms with Crippen molar-refractivity contribution in [3.8, 4) is 11.5 Å². The molecule has 0 radical (unpaired) electrons. The van der Waals surface area contributed by atoms with Crippen LogP contribution in [-0.2, 0) is 0 Å². The molecule has 1 aliphatic carbocycles. The van der Waals surface area contributed by atoms with Crippen molar-refractivity contribution in [2.75, 3.05) is 7.11 Å². The smallest absolute Gasteiger partial charge is 0.134 e. The van der Waals surface area contributed by atoms with Crippen molar-refractivity contribution in [1.82, 2.24) is 0 Å². The Bertz CT molecular complexity index is 403. The zero-order valence-corrected chi connectivity index (χ0v) is 11.5. The normalized spacial score (nSPS) is 18.3. The van der Waals surface area contributed by atoms with Crippen molar-refractivity contribution in [3.63, 3.8) is 0 Å². The number of hydrogen-bond acceptors (Lipinski definition) is 3. The Kier molecular flexibility index (Phi) is 3.94. The fourth-order valence-corrected chi connectivity index (χ4v) is 2.99. The average molecular weight is 300 g/mol. The lowest BCUT2D eigenvalue weighted by Gasteiger charge is -2.21. The van der Waals surface area contributed by atoms with Crippen LogP contribution < -0.4 is 10.5 Å². The standard InChI is InChI=1S/C13H18BrNO2/c1-17-9-6-10(13(16)11(14)7-9)12(15)8-4-2-3-5-8/h6-8,12,16H,2-5,15H2,1H3/t12-/m0/s1. The molecular formula is C13H18BrNO2. The number of ether oxygens (including phenoxy) is 1. The summed E-state index contributed by atoms with van der Waals surface area (Å²) in [5, 5.41) is 10.1. The van der Waals surface area contributed by atoms with Gasteiger partial charge in [-0.25, -0.2) is 0 Å². The van der Waals surface area contributed by atoms with Gasteiger partial charge in [-0.3, -0.25) is 0 Å². The van der Waals surface area contributed by atoms with E-state index in [1.54, 1.807) is 13.2 Å². The number of methoxy groups -OCH3 is 1. The van der Waals surface area contributed by atoms with Crippen LogP contribution in [0.1, 0.15) is 37.3 Å². The van der Waals surface area contributed by atoms with Crippen molar-refractivity contribution >= 4 is 15.9 Å². The molecule has 1 aliphatic rings. The Morgan fingerprint density at radius 1 is 1.41 bits per heavy atom. The van der Waals surface area contributed by atoms with Gasteiger partial charge in [-0.2, -0.15) is 0 Å². The monoisotopic (exact) mass is 299 g/mol. The lowest BCUT2D eigenvalue weighted by molar-refractivity contribution is 0.394. The number of halogens is 1. The van der Waals surface area contributed by atoms with Gasteiger partial charge in [0, 0.05) is 11.6 Å². The second-order valence-electron chi connectivity index (χ2n) is 4.62. The van der Waals surface area contributed by atoms with Crippen LogP contribution in [0, 0.1) is 5.92 Å². The van der Waals surface area contributed by atoms with Gasteiger partial charge < -0.3 is 15.6 Å². The zero-order valence-electron chi connectivity index (χ0n) is 9.95. The number of phenolic OH excluding ortho intramolecular Hbond substituents is 1. The van der Waals surface area contributed by atoms with E-state index in [4.69, 9.17) is 10.5 Å². The molecule has 4 heteroatoms. The first kappa shape index (κ1) is 12.7. The molecule has 17 heavy (non-hydrogen) atoms. The summed E-state index contributed by atoms with van der Waals surface area (Å²) in [6.45, 7) is 0. The molecule has 0 saturated heterocycles. The number of rotatable bonds is 3. The molecule has 1 fully saturated rings. The van der Waals surface area contributed by atoms with E-state index in [9.17, 15) is 5.11 Å². The molecule has 0 aromatic heterocycles. The molecule has 0 spiro atoms. The minimum atomic E-state index is -0.108. The van der Waals surface area contributed by atoms with Crippen LogP contribution in [-0.4, -0.2) is 12.2 Å². The van der Waals surface area contributed by atoms with Crippen molar-refractivity contribution < 1.29 is 9.84 Å². The van der Waals surface area contributed by atoms with Crippen LogP contribution in [0.5, 0.6) is 11.5 Å². The minimum Gasteiger partial charge on any atom is -0.506 e. The Labute approximate surface area is 110 Å². The van der Waals surface area contributed by atoms with Gasteiger partial charge in [0.1, 0.15) is 11.5 Å². The number of phenols is 1. The molecule has 0 heterocycles. The van der Waals surface area contributed by atoms with Crippen LogP contribution in [0.15, 0.2) is 16.6 Å². The molecule has 2 rings (SSSR count). The second kappa shape index (κ2) is 5.27. The summed E-state index contributed by atoms with van der Waals surface area (Å²) in [5.41, 5.74) is 7.04. The fraction of sp³-hybridized carbons (Fsp3) is 0.538. The Hall–Kier alpha value is -0.740. The summed E-state index contributed by atoms with van der Waals surface area (Å²) in [4.78, 5) is 0. The Morgan fingerprint density at radius 2 is 2.06 bits per heavy atom. The van der Waals surface area contributed by atoms with E-state index < -0.39 is 0 Å². The van der Waals surface area contributed by atoms with Crippen molar-refractivity contribution in [2.45, 2.75) is 31.7 Å². The number of hydrogen-bond donors (Lipinski definition) is 2. The largest absolute Gasteiger partial charge is 0.506 e. The van der Waals surface area contributed by atoms with Gasteiger partial charge in [-0.05, 0) is 46.8 Å². The highest BCUT2D eigenvalue weighted by molar-refractivity contribution is 9.10.